The minimum Gasteiger partial charge on any atom is -0.481 e. The topological polar surface area (TPSA) is 69.6 Å². The van der Waals surface area contributed by atoms with Crippen molar-refractivity contribution < 1.29 is 19.1 Å². The number of likely N-dealkylation sites (N-methyl/N-ethyl adjacent to an activating group) is 1. The summed E-state index contributed by atoms with van der Waals surface area (Å²) in [6.45, 7) is 2.08. The lowest BCUT2D eigenvalue weighted by atomic mass is 9.91. The molecule has 2 atom stereocenters. The summed E-state index contributed by atoms with van der Waals surface area (Å²) < 4.78 is 13.2. The van der Waals surface area contributed by atoms with Crippen molar-refractivity contribution in [2.45, 2.75) is 38.6 Å². The molecule has 0 saturated heterocycles. The van der Waals surface area contributed by atoms with Crippen LogP contribution in [0.5, 0.6) is 0 Å². The van der Waals surface area contributed by atoms with E-state index in [0.717, 1.165) is 31.2 Å². The van der Waals surface area contributed by atoms with Gasteiger partial charge in [0.25, 0.3) is 0 Å². The van der Waals surface area contributed by atoms with Gasteiger partial charge in [0.15, 0.2) is 0 Å². The Hall–Kier alpha value is -1.95. The van der Waals surface area contributed by atoms with Crippen LogP contribution in [0.4, 0.5) is 4.39 Å². The molecule has 25 heavy (non-hydrogen) atoms. The second-order valence-electron chi connectivity index (χ2n) is 7.08. The van der Waals surface area contributed by atoms with Gasteiger partial charge in [-0.2, -0.15) is 0 Å². The van der Waals surface area contributed by atoms with E-state index in [1.807, 2.05) is 0 Å². The minimum atomic E-state index is -0.873. The number of amides is 1. The maximum atomic E-state index is 13.2. The third-order valence-corrected chi connectivity index (χ3v) is 4.84. The van der Waals surface area contributed by atoms with E-state index in [4.69, 9.17) is 5.11 Å². The zero-order valence-electron chi connectivity index (χ0n) is 14.9. The van der Waals surface area contributed by atoms with E-state index in [9.17, 15) is 14.0 Å². The number of halogens is 1. The molecule has 1 aromatic carbocycles. The van der Waals surface area contributed by atoms with Gasteiger partial charge in [-0.25, -0.2) is 4.39 Å². The van der Waals surface area contributed by atoms with Crippen LogP contribution in [0, 0.1) is 17.7 Å². The van der Waals surface area contributed by atoms with Crippen LogP contribution in [0.3, 0.4) is 0 Å². The Bertz CT molecular complexity index is 585. The number of benzene rings is 1. The number of rotatable bonds is 8. The zero-order valence-corrected chi connectivity index (χ0v) is 14.9. The van der Waals surface area contributed by atoms with Crippen molar-refractivity contribution in [1.29, 1.82) is 0 Å². The number of carbonyl (C=O) groups excluding carboxylic acids is 1. The number of aliphatic carboxylic acids is 1. The highest BCUT2D eigenvalue weighted by atomic mass is 19.1. The molecule has 1 fully saturated rings. The van der Waals surface area contributed by atoms with Crippen LogP contribution in [0.2, 0.25) is 0 Å². The molecule has 2 N–H and O–H groups in total. The second kappa shape index (κ2) is 8.94. The van der Waals surface area contributed by atoms with Crippen LogP contribution in [0.1, 0.15) is 44.2 Å². The van der Waals surface area contributed by atoms with Crippen LogP contribution >= 0.6 is 0 Å². The summed E-state index contributed by atoms with van der Waals surface area (Å²) in [5.74, 6) is -1.47. The van der Waals surface area contributed by atoms with Gasteiger partial charge in [0.1, 0.15) is 5.82 Å². The molecule has 2 unspecified atom stereocenters. The van der Waals surface area contributed by atoms with E-state index in [1.165, 1.54) is 12.1 Å². The normalized spacial score (nSPS) is 17.4. The largest absolute Gasteiger partial charge is 0.481 e. The fourth-order valence-corrected chi connectivity index (χ4v) is 3.51. The molecule has 6 heteroatoms. The first-order valence-electron chi connectivity index (χ1n) is 8.83. The molecule has 1 aromatic rings. The molecule has 0 aliphatic heterocycles. The predicted molar refractivity (Wildman–Crippen MR) is 93.5 cm³/mol. The van der Waals surface area contributed by atoms with Crippen LogP contribution in [-0.4, -0.2) is 42.0 Å². The molecule has 0 aromatic heterocycles. The fourth-order valence-electron chi connectivity index (χ4n) is 3.51. The lowest BCUT2D eigenvalue weighted by molar-refractivity contribution is -0.142. The summed E-state index contributed by atoms with van der Waals surface area (Å²) in [5, 5.41) is 12.0. The van der Waals surface area contributed by atoms with Gasteiger partial charge in [-0.3, -0.25) is 14.5 Å². The SMILES string of the molecule is CC(CN(C)CC(=O)NC(c1ccc(F)cc1)C1CCCC1)C(=O)O. The molecular weight excluding hydrogens is 323 g/mol. The van der Waals surface area contributed by atoms with Crippen molar-refractivity contribution in [1.82, 2.24) is 10.2 Å². The molecular formula is C19H27FN2O3. The van der Waals surface area contributed by atoms with Gasteiger partial charge >= 0.3 is 5.97 Å². The van der Waals surface area contributed by atoms with Crippen molar-refractivity contribution >= 4 is 11.9 Å². The molecule has 0 spiro atoms. The number of hydrogen-bond acceptors (Lipinski definition) is 3. The number of nitrogens with zero attached hydrogens (tertiary/aromatic N) is 1. The third kappa shape index (κ3) is 5.81. The quantitative estimate of drug-likeness (QED) is 0.756. The van der Waals surface area contributed by atoms with E-state index in [1.54, 1.807) is 31.0 Å². The van der Waals surface area contributed by atoms with Gasteiger partial charge in [0.05, 0.1) is 18.5 Å². The highest BCUT2D eigenvalue weighted by Crippen LogP contribution is 2.35. The Balaban J connectivity index is 1.99. The molecule has 2 rings (SSSR count). The highest BCUT2D eigenvalue weighted by Gasteiger charge is 2.28. The summed E-state index contributed by atoms with van der Waals surface area (Å²) >= 11 is 0. The van der Waals surface area contributed by atoms with Gasteiger partial charge in [-0.05, 0) is 43.5 Å². The molecule has 0 radical (unpaired) electrons. The van der Waals surface area contributed by atoms with Crippen LogP contribution in [0.15, 0.2) is 24.3 Å². The van der Waals surface area contributed by atoms with Gasteiger partial charge in [0.2, 0.25) is 5.91 Å². The lowest BCUT2D eigenvalue weighted by Gasteiger charge is -2.27. The summed E-state index contributed by atoms with van der Waals surface area (Å²) in [6.07, 6.45) is 4.39. The predicted octanol–water partition coefficient (Wildman–Crippen LogP) is 2.83. The molecule has 1 aliphatic carbocycles. The number of carbonyl (C=O) groups is 2. The third-order valence-electron chi connectivity index (χ3n) is 4.84. The summed E-state index contributed by atoms with van der Waals surface area (Å²) in [4.78, 5) is 25.1. The Kier molecular flexibility index (Phi) is 6.93. The second-order valence-corrected chi connectivity index (χ2v) is 7.08. The monoisotopic (exact) mass is 350 g/mol. The standard InChI is InChI=1S/C19H27FN2O3/c1-13(19(24)25)11-22(2)12-17(23)21-18(14-5-3-4-6-14)15-7-9-16(20)10-8-15/h7-10,13-14,18H,3-6,11-12H2,1-2H3,(H,21,23)(H,24,25). The van der Waals surface area contributed by atoms with Crippen LogP contribution in [0.25, 0.3) is 0 Å². The molecule has 0 heterocycles. The molecule has 5 nitrogen and oxygen atoms in total. The van der Waals surface area contributed by atoms with Gasteiger partial charge in [-0.15, -0.1) is 0 Å². The Morgan fingerprint density at radius 2 is 1.88 bits per heavy atom. The smallest absolute Gasteiger partial charge is 0.307 e. The van der Waals surface area contributed by atoms with Crippen LogP contribution in [-0.2, 0) is 9.59 Å². The molecule has 1 aliphatic rings. The van der Waals surface area contributed by atoms with Crippen LogP contribution < -0.4 is 5.32 Å². The Morgan fingerprint density at radius 3 is 2.44 bits per heavy atom. The van der Waals surface area contributed by atoms with Gasteiger partial charge in [0, 0.05) is 6.54 Å². The molecule has 1 saturated carbocycles. The number of carboxylic acid groups (broad SMARTS) is 1. The zero-order chi connectivity index (χ0) is 18.4. The first-order chi connectivity index (χ1) is 11.9. The Morgan fingerprint density at radius 1 is 1.28 bits per heavy atom. The Labute approximate surface area is 148 Å². The lowest BCUT2D eigenvalue weighted by Crippen LogP contribution is -2.41. The highest BCUT2D eigenvalue weighted by molar-refractivity contribution is 5.78. The van der Waals surface area contributed by atoms with Crippen molar-refractivity contribution in [2.24, 2.45) is 11.8 Å². The van der Waals surface area contributed by atoms with Gasteiger partial charge < -0.3 is 10.4 Å². The number of hydrogen-bond donors (Lipinski definition) is 2. The minimum absolute atomic E-state index is 0.124. The summed E-state index contributed by atoms with van der Waals surface area (Å²) in [5.41, 5.74) is 0.920. The van der Waals surface area contributed by atoms with E-state index in [-0.39, 0.29) is 24.3 Å². The first-order valence-corrected chi connectivity index (χ1v) is 8.83. The average Bonchev–Trinajstić information content (AvgIpc) is 3.07. The summed E-state index contributed by atoms with van der Waals surface area (Å²) in [7, 11) is 1.74. The number of nitrogens with one attached hydrogen (secondary N) is 1. The van der Waals surface area contributed by atoms with Crippen molar-refractivity contribution in [2.75, 3.05) is 20.1 Å². The van der Waals surface area contributed by atoms with E-state index in [2.05, 4.69) is 5.32 Å². The molecule has 138 valence electrons. The summed E-state index contributed by atoms with van der Waals surface area (Å²) in [6, 6.07) is 6.18. The first kappa shape index (κ1) is 19.4. The maximum Gasteiger partial charge on any atom is 0.307 e. The molecule has 0 bridgehead atoms. The average molecular weight is 350 g/mol. The van der Waals surface area contributed by atoms with E-state index in [0.29, 0.717) is 12.5 Å². The van der Waals surface area contributed by atoms with Gasteiger partial charge in [-0.1, -0.05) is 31.9 Å². The van der Waals surface area contributed by atoms with E-state index < -0.39 is 11.9 Å². The van der Waals surface area contributed by atoms with Crippen molar-refractivity contribution in [3.05, 3.63) is 35.6 Å². The fraction of sp³-hybridized carbons (Fsp3) is 0.579. The van der Waals surface area contributed by atoms with E-state index >= 15 is 0 Å². The number of carboxylic acids is 1. The molecule has 1 amide bonds. The maximum absolute atomic E-state index is 13.2. The van der Waals surface area contributed by atoms with Crippen molar-refractivity contribution in [3.8, 4) is 0 Å². The van der Waals surface area contributed by atoms with Crippen molar-refractivity contribution in [3.63, 3.8) is 0 Å².